The SMILES string of the molecule is CCCCCCCCCCCCCCCCCC(=O)[O-].CCCCc1ccc(C(=O)[O-])cc1.[CH2]CCC.[CH2]CCC.[Sn+2]. The van der Waals surface area contributed by atoms with Crippen molar-refractivity contribution >= 4 is 35.8 Å². The van der Waals surface area contributed by atoms with Gasteiger partial charge in [-0.2, -0.15) is 0 Å². The Morgan fingerprint density at radius 1 is 0.548 bits per heavy atom. The molecule has 0 saturated carbocycles. The fraction of sp³-hybridized carbons (Fsp3) is 0.730. The van der Waals surface area contributed by atoms with E-state index in [1.54, 1.807) is 12.1 Å². The van der Waals surface area contributed by atoms with Crippen LogP contribution in [0.3, 0.4) is 0 Å². The zero-order valence-corrected chi connectivity index (χ0v) is 31.0. The smallest absolute Gasteiger partial charge is 0.550 e. The molecule has 0 aliphatic heterocycles. The molecule has 42 heavy (non-hydrogen) atoms. The van der Waals surface area contributed by atoms with E-state index in [1.807, 2.05) is 12.1 Å². The van der Waals surface area contributed by atoms with E-state index in [4.69, 9.17) is 0 Å². The van der Waals surface area contributed by atoms with Crippen LogP contribution in [0.2, 0.25) is 0 Å². The van der Waals surface area contributed by atoms with E-state index in [2.05, 4.69) is 41.5 Å². The summed E-state index contributed by atoms with van der Waals surface area (Å²) in [6.45, 7) is 15.8. The maximum atomic E-state index is 10.4. The Bertz CT molecular complexity index is 638. The first kappa shape index (κ1) is 47.9. The van der Waals surface area contributed by atoms with Gasteiger partial charge in [-0.15, -0.1) is 0 Å². The molecule has 0 heterocycles. The molecule has 0 aliphatic carbocycles. The molecule has 4 radical (unpaired) electrons. The maximum Gasteiger partial charge on any atom is 2.00 e. The summed E-state index contributed by atoms with van der Waals surface area (Å²) >= 11 is 0. The van der Waals surface area contributed by atoms with Gasteiger partial charge in [0.05, 0.1) is 5.97 Å². The van der Waals surface area contributed by atoms with Crippen LogP contribution >= 0.6 is 0 Å². The Kier molecular flexibility index (Phi) is 48.0. The molecule has 1 rings (SSSR count). The molecule has 4 nitrogen and oxygen atoms in total. The van der Waals surface area contributed by atoms with Gasteiger partial charge < -0.3 is 19.8 Å². The van der Waals surface area contributed by atoms with Crippen molar-refractivity contribution in [1.29, 1.82) is 0 Å². The van der Waals surface area contributed by atoms with Gasteiger partial charge in [0.25, 0.3) is 0 Å². The zero-order chi connectivity index (χ0) is 31.4. The van der Waals surface area contributed by atoms with Gasteiger partial charge >= 0.3 is 23.9 Å². The molecule has 0 aromatic heterocycles. The van der Waals surface area contributed by atoms with Gasteiger partial charge in [0, 0.05) is 5.97 Å². The van der Waals surface area contributed by atoms with E-state index in [0.717, 1.165) is 44.9 Å². The molecule has 1 aromatic carbocycles. The summed E-state index contributed by atoms with van der Waals surface area (Å²) < 4.78 is 0. The molecule has 0 N–H and O–H groups in total. The minimum Gasteiger partial charge on any atom is -0.550 e. The van der Waals surface area contributed by atoms with Crippen molar-refractivity contribution in [3.63, 3.8) is 0 Å². The number of hydrogen-bond donors (Lipinski definition) is 0. The number of unbranched alkanes of at least 4 members (excludes halogenated alkanes) is 17. The Balaban J connectivity index is -0.000000279. The van der Waals surface area contributed by atoms with E-state index >= 15 is 0 Å². The molecule has 0 saturated heterocycles. The Morgan fingerprint density at radius 3 is 1.17 bits per heavy atom. The molecule has 5 heteroatoms. The van der Waals surface area contributed by atoms with E-state index < -0.39 is 11.9 Å². The summed E-state index contributed by atoms with van der Waals surface area (Å²) in [7, 11) is 0. The van der Waals surface area contributed by atoms with Crippen molar-refractivity contribution in [3.05, 3.63) is 49.2 Å². The molecular weight excluding hydrogens is 627 g/mol. The third-order valence-electron chi connectivity index (χ3n) is 6.70. The van der Waals surface area contributed by atoms with Crippen LogP contribution in [0.4, 0.5) is 0 Å². The summed E-state index contributed by atoms with van der Waals surface area (Å²) in [5.41, 5.74) is 1.44. The molecule has 0 atom stereocenters. The van der Waals surface area contributed by atoms with Crippen LogP contribution in [0.5, 0.6) is 0 Å². The van der Waals surface area contributed by atoms with E-state index in [-0.39, 0.29) is 35.9 Å². The number of aliphatic carboxylic acids is 1. The molecule has 0 spiro atoms. The van der Waals surface area contributed by atoms with Crippen LogP contribution in [-0.4, -0.2) is 35.8 Å². The van der Waals surface area contributed by atoms with Gasteiger partial charge in [0.15, 0.2) is 0 Å². The Morgan fingerprint density at radius 2 is 0.881 bits per heavy atom. The topological polar surface area (TPSA) is 80.3 Å². The second-order valence-corrected chi connectivity index (χ2v) is 10.9. The van der Waals surface area contributed by atoms with Crippen molar-refractivity contribution in [2.45, 2.75) is 175 Å². The van der Waals surface area contributed by atoms with Gasteiger partial charge in [-0.3, -0.25) is 0 Å². The van der Waals surface area contributed by atoms with Crippen molar-refractivity contribution < 1.29 is 19.8 Å². The first-order chi connectivity index (χ1) is 19.8. The normalized spacial score (nSPS) is 9.67. The van der Waals surface area contributed by atoms with E-state index in [9.17, 15) is 19.8 Å². The zero-order valence-electron chi connectivity index (χ0n) is 28.1. The number of aryl methyl sites for hydroxylation is 1. The molecule has 1 aromatic rings. The van der Waals surface area contributed by atoms with Crippen molar-refractivity contribution in [2.75, 3.05) is 0 Å². The number of carbonyl (C=O) groups excluding carboxylic acids is 2. The van der Waals surface area contributed by atoms with Gasteiger partial charge in [-0.25, -0.2) is 0 Å². The monoisotopic (exact) mass is 694 g/mol. The number of carbonyl (C=O) groups is 2. The molecule has 0 unspecified atom stereocenters. The third kappa shape index (κ3) is 43.4. The number of aromatic carboxylic acids is 1. The summed E-state index contributed by atoms with van der Waals surface area (Å²) in [5, 5.41) is 20.6. The maximum absolute atomic E-state index is 10.4. The minimum absolute atomic E-state index is 0. The number of carboxylic acid groups (broad SMARTS) is 2. The number of carboxylic acids is 2. The molecule has 0 aliphatic rings. The average Bonchev–Trinajstić information content (AvgIpc) is 2.98. The number of benzene rings is 1. The second kappa shape index (κ2) is 42.1. The van der Waals surface area contributed by atoms with Crippen LogP contribution < -0.4 is 10.2 Å². The number of hydrogen-bond acceptors (Lipinski definition) is 4. The summed E-state index contributed by atoms with van der Waals surface area (Å²) in [6.07, 6.45) is 27.7. The Hall–Kier alpha value is -1.04. The van der Waals surface area contributed by atoms with Crippen LogP contribution in [-0.2, 0) is 11.2 Å². The molecule has 242 valence electrons. The van der Waals surface area contributed by atoms with Crippen LogP contribution in [0.25, 0.3) is 0 Å². The fourth-order valence-electron chi connectivity index (χ4n) is 3.83. The van der Waals surface area contributed by atoms with Crippen LogP contribution in [0.1, 0.15) is 185 Å². The van der Waals surface area contributed by atoms with Gasteiger partial charge in [0.1, 0.15) is 0 Å². The summed E-state index contributed by atoms with van der Waals surface area (Å²) in [5.74, 6) is -2.01. The predicted molar refractivity (Wildman–Crippen MR) is 180 cm³/mol. The van der Waals surface area contributed by atoms with Crippen molar-refractivity contribution in [2.24, 2.45) is 0 Å². The molecule has 0 fully saturated rings. The molecule has 0 amide bonds. The second-order valence-electron chi connectivity index (χ2n) is 10.9. The van der Waals surface area contributed by atoms with E-state index in [0.29, 0.717) is 0 Å². The largest absolute Gasteiger partial charge is 2.00 e. The first-order valence-corrected chi connectivity index (χ1v) is 16.9. The third-order valence-corrected chi connectivity index (χ3v) is 6.70. The quantitative estimate of drug-likeness (QED) is 0.0896. The van der Waals surface area contributed by atoms with Gasteiger partial charge in [0.2, 0.25) is 0 Å². The number of rotatable bonds is 22. The summed E-state index contributed by atoms with van der Waals surface area (Å²) in [4.78, 5) is 20.6. The fourth-order valence-corrected chi connectivity index (χ4v) is 3.83. The molecular formula is C37H66O4Sn. The Labute approximate surface area is 279 Å². The first-order valence-electron chi connectivity index (χ1n) is 16.9. The van der Waals surface area contributed by atoms with Crippen molar-refractivity contribution in [1.82, 2.24) is 0 Å². The molecule has 0 bridgehead atoms. The predicted octanol–water partition coefficient (Wildman–Crippen LogP) is 9.25. The minimum atomic E-state index is -1.11. The standard InChI is InChI=1S/C18H36O2.C11H14O2.2C4H9.Sn/c1-2-3-4-5-6-7-8-9-10-11-12-13-14-15-16-17-18(19)20;1-2-3-4-9-5-7-10(8-6-9)11(12)13;2*1-3-4-2;/h2-17H2,1H3,(H,19,20);5-8H,2-4H2,1H3,(H,12,13);2*1,3-4H2,2H3;/q;;;;+2/p-2. The van der Waals surface area contributed by atoms with Gasteiger partial charge in [-0.05, 0) is 36.8 Å². The summed E-state index contributed by atoms with van der Waals surface area (Å²) in [6, 6.07) is 6.89. The van der Waals surface area contributed by atoms with Crippen LogP contribution in [0, 0.1) is 13.8 Å². The van der Waals surface area contributed by atoms with E-state index in [1.165, 1.54) is 102 Å². The van der Waals surface area contributed by atoms with Gasteiger partial charge in [-0.1, -0.05) is 188 Å². The van der Waals surface area contributed by atoms with Crippen molar-refractivity contribution in [3.8, 4) is 0 Å². The average molecular weight is 694 g/mol. The van der Waals surface area contributed by atoms with Crippen LogP contribution in [0.15, 0.2) is 24.3 Å².